The van der Waals surface area contributed by atoms with Gasteiger partial charge in [-0.15, -0.1) is 0 Å². The van der Waals surface area contributed by atoms with Crippen molar-refractivity contribution in [2.75, 3.05) is 26.2 Å². The first-order valence-corrected chi connectivity index (χ1v) is 7.10. The van der Waals surface area contributed by atoms with Crippen molar-refractivity contribution in [3.05, 3.63) is 29.8 Å². The van der Waals surface area contributed by atoms with E-state index < -0.39 is 5.91 Å². The van der Waals surface area contributed by atoms with Crippen LogP contribution < -0.4 is 16.2 Å². The molecule has 0 bridgehead atoms. The number of hydrogen-bond acceptors (Lipinski definition) is 4. The Kier molecular flexibility index (Phi) is 5.38. The summed E-state index contributed by atoms with van der Waals surface area (Å²) in [5, 5.41) is 0. The quantitative estimate of drug-likeness (QED) is 0.803. The molecule has 1 aromatic carbocycles. The fourth-order valence-corrected chi connectivity index (χ4v) is 2.48. The Labute approximate surface area is 119 Å². The lowest BCUT2D eigenvalue weighted by atomic mass is 9.97. The smallest absolute Gasteiger partial charge is 0.255 e. The maximum atomic E-state index is 10.6. The van der Waals surface area contributed by atoms with Crippen molar-refractivity contribution >= 4 is 5.91 Å². The number of nitrogens with zero attached hydrogens (tertiary/aromatic N) is 1. The number of hydrogen-bond donors (Lipinski definition) is 2. The molecule has 0 radical (unpaired) electrons. The molecule has 0 unspecified atom stereocenters. The molecule has 0 saturated carbocycles. The molecule has 4 N–H and O–H groups in total. The molecular weight excluding hydrogens is 254 g/mol. The first kappa shape index (κ1) is 14.8. The molecule has 20 heavy (non-hydrogen) atoms. The number of carbonyl (C=O) groups excluding carboxylic acids is 1. The monoisotopic (exact) mass is 277 g/mol. The summed E-state index contributed by atoms with van der Waals surface area (Å²) < 4.78 is 5.24. The van der Waals surface area contributed by atoms with Gasteiger partial charge in [0.05, 0.1) is 0 Å². The second kappa shape index (κ2) is 7.26. The molecule has 1 amide bonds. The minimum atomic E-state index is -0.461. The third-order valence-electron chi connectivity index (χ3n) is 3.75. The van der Waals surface area contributed by atoms with Gasteiger partial charge in [-0.1, -0.05) is 12.1 Å². The van der Waals surface area contributed by atoms with Crippen LogP contribution in [-0.4, -0.2) is 37.0 Å². The van der Waals surface area contributed by atoms with Gasteiger partial charge in [0, 0.05) is 6.54 Å². The first-order chi connectivity index (χ1) is 9.67. The summed E-state index contributed by atoms with van der Waals surface area (Å²) in [7, 11) is 0. The third-order valence-corrected chi connectivity index (χ3v) is 3.75. The van der Waals surface area contributed by atoms with E-state index >= 15 is 0 Å². The van der Waals surface area contributed by atoms with Gasteiger partial charge < -0.3 is 16.2 Å². The van der Waals surface area contributed by atoms with E-state index in [9.17, 15) is 4.79 Å². The van der Waals surface area contributed by atoms with Crippen molar-refractivity contribution in [1.82, 2.24) is 4.90 Å². The number of carbonyl (C=O) groups is 1. The lowest BCUT2D eigenvalue weighted by Gasteiger charge is -2.31. The number of primary amides is 1. The van der Waals surface area contributed by atoms with E-state index in [0.29, 0.717) is 11.7 Å². The molecular formula is C15H23N3O2. The third kappa shape index (κ3) is 4.51. The number of benzene rings is 1. The summed E-state index contributed by atoms with van der Waals surface area (Å²) >= 11 is 0. The average Bonchev–Trinajstić information content (AvgIpc) is 2.47. The zero-order chi connectivity index (χ0) is 14.4. The van der Waals surface area contributed by atoms with Crippen molar-refractivity contribution in [1.29, 1.82) is 0 Å². The number of amides is 1. The van der Waals surface area contributed by atoms with Crippen molar-refractivity contribution in [3.8, 4) is 5.75 Å². The molecule has 0 aromatic heterocycles. The largest absolute Gasteiger partial charge is 0.484 e. The van der Waals surface area contributed by atoms with Crippen LogP contribution in [0.3, 0.4) is 0 Å². The highest BCUT2D eigenvalue weighted by atomic mass is 16.5. The van der Waals surface area contributed by atoms with Crippen molar-refractivity contribution in [2.45, 2.75) is 19.4 Å². The van der Waals surface area contributed by atoms with Gasteiger partial charge in [-0.25, -0.2) is 0 Å². The van der Waals surface area contributed by atoms with E-state index in [-0.39, 0.29) is 6.61 Å². The van der Waals surface area contributed by atoms with E-state index in [1.165, 1.54) is 18.4 Å². The summed E-state index contributed by atoms with van der Waals surface area (Å²) in [4.78, 5) is 13.1. The molecule has 1 fully saturated rings. The highest BCUT2D eigenvalue weighted by Gasteiger charge is 2.17. The van der Waals surface area contributed by atoms with Crippen LogP contribution in [0.2, 0.25) is 0 Å². The summed E-state index contributed by atoms with van der Waals surface area (Å²) in [5.74, 6) is 0.905. The molecule has 0 spiro atoms. The zero-order valence-electron chi connectivity index (χ0n) is 11.8. The van der Waals surface area contributed by atoms with Crippen LogP contribution in [0.5, 0.6) is 5.75 Å². The number of likely N-dealkylation sites (tertiary alicyclic amines) is 1. The number of rotatable bonds is 6. The normalized spacial score (nSPS) is 17.1. The van der Waals surface area contributed by atoms with Gasteiger partial charge >= 0.3 is 0 Å². The van der Waals surface area contributed by atoms with Gasteiger partial charge in [0.2, 0.25) is 0 Å². The van der Waals surface area contributed by atoms with Crippen LogP contribution in [0.15, 0.2) is 24.3 Å². The van der Waals surface area contributed by atoms with E-state index in [4.69, 9.17) is 16.2 Å². The van der Waals surface area contributed by atoms with Crippen LogP contribution in [0.1, 0.15) is 18.4 Å². The summed E-state index contributed by atoms with van der Waals surface area (Å²) in [6, 6.07) is 7.83. The first-order valence-electron chi connectivity index (χ1n) is 7.10. The molecule has 110 valence electrons. The Morgan fingerprint density at radius 2 is 1.90 bits per heavy atom. The Balaban J connectivity index is 1.80. The lowest BCUT2D eigenvalue weighted by Crippen LogP contribution is -2.35. The van der Waals surface area contributed by atoms with Gasteiger partial charge in [-0.3, -0.25) is 9.69 Å². The van der Waals surface area contributed by atoms with E-state index in [1.807, 2.05) is 24.3 Å². The fraction of sp³-hybridized carbons (Fsp3) is 0.533. The van der Waals surface area contributed by atoms with E-state index in [2.05, 4.69) is 4.90 Å². The molecule has 1 aromatic rings. The summed E-state index contributed by atoms with van der Waals surface area (Å²) in [6.45, 7) is 3.91. The second-order valence-corrected chi connectivity index (χ2v) is 5.35. The number of nitrogens with two attached hydrogens (primary N) is 2. The molecule has 2 rings (SSSR count). The Bertz CT molecular complexity index is 425. The van der Waals surface area contributed by atoms with E-state index in [0.717, 1.165) is 26.2 Å². The molecule has 0 aliphatic carbocycles. The Morgan fingerprint density at radius 1 is 1.25 bits per heavy atom. The van der Waals surface area contributed by atoms with Crippen molar-refractivity contribution < 1.29 is 9.53 Å². The number of ether oxygens (including phenoxy) is 1. The molecule has 1 aliphatic heterocycles. The van der Waals surface area contributed by atoms with Gasteiger partial charge in [-0.05, 0) is 56.1 Å². The van der Waals surface area contributed by atoms with Gasteiger partial charge in [0.1, 0.15) is 5.75 Å². The topological polar surface area (TPSA) is 81.6 Å². The summed E-state index contributed by atoms with van der Waals surface area (Å²) in [6.07, 6.45) is 2.38. The molecule has 1 saturated heterocycles. The highest BCUT2D eigenvalue weighted by molar-refractivity contribution is 5.75. The summed E-state index contributed by atoms with van der Waals surface area (Å²) in [5.41, 5.74) is 12.0. The van der Waals surface area contributed by atoms with Crippen LogP contribution in [0.4, 0.5) is 0 Å². The molecule has 1 aliphatic rings. The number of piperidine rings is 1. The predicted molar refractivity (Wildman–Crippen MR) is 78.2 cm³/mol. The standard InChI is InChI=1S/C15H23N3O2/c16-9-12-5-7-18(8-6-12)10-13-1-3-14(4-2-13)20-11-15(17)19/h1-4,12H,5-11,16H2,(H2,17,19). The van der Waals surface area contributed by atoms with E-state index in [1.54, 1.807) is 0 Å². The van der Waals surface area contributed by atoms with Crippen LogP contribution >= 0.6 is 0 Å². The van der Waals surface area contributed by atoms with Crippen LogP contribution in [0, 0.1) is 5.92 Å². The molecule has 0 atom stereocenters. The molecule has 5 nitrogen and oxygen atoms in total. The zero-order valence-corrected chi connectivity index (χ0v) is 11.8. The SMILES string of the molecule is NCC1CCN(Cc2ccc(OCC(N)=O)cc2)CC1. The van der Waals surface area contributed by atoms with Gasteiger partial charge in [0.15, 0.2) is 6.61 Å². The minimum absolute atomic E-state index is 0.0774. The molecule has 1 heterocycles. The second-order valence-electron chi connectivity index (χ2n) is 5.35. The van der Waals surface area contributed by atoms with Crippen LogP contribution in [0.25, 0.3) is 0 Å². The van der Waals surface area contributed by atoms with Crippen molar-refractivity contribution in [3.63, 3.8) is 0 Å². The van der Waals surface area contributed by atoms with Crippen molar-refractivity contribution in [2.24, 2.45) is 17.4 Å². The van der Waals surface area contributed by atoms with Gasteiger partial charge in [0.25, 0.3) is 5.91 Å². The lowest BCUT2D eigenvalue weighted by molar-refractivity contribution is -0.119. The average molecular weight is 277 g/mol. The molecule has 5 heteroatoms. The minimum Gasteiger partial charge on any atom is -0.484 e. The highest BCUT2D eigenvalue weighted by Crippen LogP contribution is 2.19. The van der Waals surface area contributed by atoms with Gasteiger partial charge in [-0.2, -0.15) is 0 Å². The Morgan fingerprint density at radius 3 is 2.45 bits per heavy atom. The predicted octanol–water partition coefficient (Wildman–Crippen LogP) is 0.721. The maximum Gasteiger partial charge on any atom is 0.255 e. The maximum absolute atomic E-state index is 10.6. The Hall–Kier alpha value is -1.59. The fourth-order valence-electron chi connectivity index (χ4n) is 2.48. The van der Waals surface area contributed by atoms with Crippen LogP contribution in [-0.2, 0) is 11.3 Å².